The smallest absolute Gasteiger partial charge is 0.163 e. The van der Waals surface area contributed by atoms with Gasteiger partial charge in [-0.1, -0.05) is 27.2 Å². The van der Waals surface area contributed by atoms with Crippen molar-refractivity contribution in [1.29, 1.82) is 0 Å². The Hall–Kier alpha value is -1.51. The number of methoxy groups -OCH3 is 1. The number of hydrogen-bond donors (Lipinski definition) is 1. The zero-order valence-electron chi connectivity index (χ0n) is 13.3. The molecule has 0 bridgehead atoms. The van der Waals surface area contributed by atoms with Crippen LogP contribution in [0.4, 0.5) is 0 Å². The Kier molecular flexibility index (Phi) is 3.09. The van der Waals surface area contributed by atoms with Gasteiger partial charge in [-0.15, -0.1) is 0 Å². The number of Topliss-reactive ketones (excluding diaryl/α,β-unsaturated/α-hetero) is 1. The summed E-state index contributed by atoms with van der Waals surface area (Å²) in [6, 6.07) is 3.48. The molecular formula is C18H24O3. The highest BCUT2D eigenvalue weighted by Gasteiger charge is 2.52. The van der Waals surface area contributed by atoms with Crippen LogP contribution in [0, 0.1) is 11.3 Å². The van der Waals surface area contributed by atoms with Crippen LogP contribution in [0.5, 0.6) is 11.5 Å². The Labute approximate surface area is 126 Å². The lowest BCUT2D eigenvalue weighted by molar-refractivity contribution is 0.0367. The average Bonchev–Trinajstić information content (AvgIpc) is 2.41. The first-order chi connectivity index (χ1) is 9.79. The van der Waals surface area contributed by atoms with Gasteiger partial charge in [-0.3, -0.25) is 4.79 Å². The third-order valence-electron chi connectivity index (χ3n) is 5.85. The van der Waals surface area contributed by atoms with Gasteiger partial charge in [-0.2, -0.15) is 0 Å². The lowest BCUT2D eigenvalue weighted by atomic mass is 9.50. The van der Waals surface area contributed by atoms with E-state index in [1.54, 1.807) is 13.2 Å². The van der Waals surface area contributed by atoms with Gasteiger partial charge in [0.25, 0.3) is 0 Å². The standard InChI is InChI=1S/C18H24O3/c1-17(2)6-5-7-18(3)12-9-15(21-4)14(20)8-11(12)13(19)10-16(17)18/h8-9,16,20H,5-7,10H2,1-4H3/t16-,18+/m0/s1. The van der Waals surface area contributed by atoms with E-state index in [0.29, 0.717) is 23.7 Å². The van der Waals surface area contributed by atoms with Gasteiger partial charge in [0, 0.05) is 12.0 Å². The van der Waals surface area contributed by atoms with Crippen molar-refractivity contribution >= 4 is 5.78 Å². The molecule has 3 rings (SSSR count). The van der Waals surface area contributed by atoms with E-state index in [1.165, 1.54) is 12.8 Å². The van der Waals surface area contributed by atoms with Gasteiger partial charge >= 0.3 is 0 Å². The van der Waals surface area contributed by atoms with E-state index in [9.17, 15) is 9.90 Å². The fourth-order valence-electron chi connectivity index (χ4n) is 4.68. The molecule has 3 nitrogen and oxygen atoms in total. The molecule has 0 amide bonds. The van der Waals surface area contributed by atoms with E-state index >= 15 is 0 Å². The first-order valence-corrected chi connectivity index (χ1v) is 7.74. The quantitative estimate of drug-likeness (QED) is 0.847. The van der Waals surface area contributed by atoms with Crippen molar-refractivity contribution in [3.63, 3.8) is 0 Å². The SMILES string of the molecule is COc1cc2c(cc1O)C(=O)C[C@H]1C(C)(C)CCC[C@]21C. The van der Waals surface area contributed by atoms with Crippen LogP contribution in [0.15, 0.2) is 12.1 Å². The third-order valence-corrected chi connectivity index (χ3v) is 5.85. The number of carbonyl (C=O) groups is 1. The minimum Gasteiger partial charge on any atom is -0.504 e. The second kappa shape index (κ2) is 4.49. The van der Waals surface area contributed by atoms with E-state index in [2.05, 4.69) is 20.8 Å². The van der Waals surface area contributed by atoms with Crippen LogP contribution in [0.25, 0.3) is 0 Å². The van der Waals surface area contributed by atoms with E-state index < -0.39 is 0 Å². The molecule has 2 atom stereocenters. The van der Waals surface area contributed by atoms with Crippen LogP contribution in [0.2, 0.25) is 0 Å². The summed E-state index contributed by atoms with van der Waals surface area (Å²) < 4.78 is 5.26. The van der Waals surface area contributed by atoms with Crippen molar-refractivity contribution in [2.75, 3.05) is 7.11 Å². The van der Waals surface area contributed by atoms with Crippen molar-refractivity contribution in [2.24, 2.45) is 11.3 Å². The zero-order chi connectivity index (χ0) is 15.4. The largest absolute Gasteiger partial charge is 0.504 e. The van der Waals surface area contributed by atoms with Crippen molar-refractivity contribution in [3.8, 4) is 11.5 Å². The van der Waals surface area contributed by atoms with Gasteiger partial charge in [0.2, 0.25) is 0 Å². The molecule has 0 aliphatic heterocycles. The molecule has 0 radical (unpaired) electrons. The molecule has 1 aromatic carbocycles. The highest BCUT2D eigenvalue weighted by molar-refractivity contribution is 6.00. The van der Waals surface area contributed by atoms with Crippen molar-refractivity contribution in [3.05, 3.63) is 23.3 Å². The lowest BCUT2D eigenvalue weighted by Gasteiger charge is -2.53. The molecule has 1 N–H and O–H groups in total. The van der Waals surface area contributed by atoms with Crippen LogP contribution < -0.4 is 4.74 Å². The number of phenols is 1. The number of fused-ring (bicyclic) bond motifs is 3. The van der Waals surface area contributed by atoms with Crippen molar-refractivity contribution in [2.45, 2.75) is 51.9 Å². The maximum atomic E-state index is 12.6. The van der Waals surface area contributed by atoms with E-state index in [4.69, 9.17) is 4.74 Å². The van der Waals surface area contributed by atoms with Gasteiger partial charge in [0.05, 0.1) is 7.11 Å². The fourth-order valence-corrected chi connectivity index (χ4v) is 4.68. The summed E-state index contributed by atoms with van der Waals surface area (Å²) in [6.07, 6.45) is 4.03. The number of ketones is 1. The van der Waals surface area contributed by atoms with Gasteiger partial charge in [0.15, 0.2) is 17.3 Å². The predicted octanol–water partition coefficient (Wildman–Crippen LogP) is 4.07. The first-order valence-electron chi connectivity index (χ1n) is 7.74. The molecule has 1 aromatic rings. The van der Waals surface area contributed by atoms with E-state index in [1.807, 2.05) is 6.07 Å². The van der Waals surface area contributed by atoms with Gasteiger partial charge in [0.1, 0.15) is 0 Å². The molecule has 1 fully saturated rings. The molecule has 2 aliphatic carbocycles. The van der Waals surface area contributed by atoms with Gasteiger partial charge in [-0.05, 0) is 47.3 Å². The fraction of sp³-hybridized carbons (Fsp3) is 0.611. The molecule has 0 spiro atoms. The second-order valence-corrected chi connectivity index (χ2v) is 7.51. The summed E-state index contributed by atoms with van der Waals surface area (Å²) in [6.45, 7) is 6.84. The second-order valence-electron chi connectivity index (χ2n) is 7.51. The summed E-state index contributed by atoms with van der Waals surface area (Å²) in [4.78, 5) is 12.6. The first kappa shape index (κ1) is 14.4. The number of aromatic hydroxyl groups is 1. The van der Waals surface area contributed by atoms with Crippen LogP contribution >= 0.6 is 0 Å². The van der Waals surface area contributed by atoms with Crippen LogP contribution in [0.3, 0.4) is 0 Å². The monoisotopic (exact) mass is 288 g/mol. The van der Waals surface area contributed by atoms with Crippen LogP contribution in [0.1, 0.15) is 62.4 Å². The molecule has 0 saturated heterocycles. The number of hydrogen-bond acceptors (Lipinski definition) is 3. The summed E-state index contributed by atoms with van der Waals surface area (Å²) >= 11 is 0. The van der Waals surface area contributed by atoms with Crippen molar-refractivity contribution < 1.29 is 14.6 Å². The molecule has 21 heavy (non-hydrogen) atoms. The minimum atomic E-state index is -0.00796. The molecule has 0 unspecified atom stereocenters. The molecule has 114 valence electrons. The van der Waals surface area contributed by atoms with E-state index in [0.717, 1.165) is 12.0 Å². The number of carbonyl (C=O) groups excluding carboxylic acids is 1. The molecule has 2 aliphatic rings. The van der Waals surface area contributed by atoms with Gasteiger partial charge in [-0.25, -0.2) is 0 Å². The highest BCUT2D eigenvalue weighted by Crippen LogP contribution is 2.57. The Morgan fingerprint density at radius 2 is 1.95 bits per heavy atom. The Bertz CT molecular complexity index is 603. The van der Waals surface area contributed by atoms with Crippen LogP contribution in [-0.2, 0) is 5.41 Å². The number of ether oxygens (including phenoxy) is 1. The molecule has 0 aromatic heterocycles. The Morgan fingerprint density at radius 3 is 2.62 bits per heavy atom. The average molecular weight is 288 g/mol. The Morgan fingerprint density at radius 1 is 1.24 bits per heavy atom. The maximum Gasteiger partial charge on any atom is 0.163 e. The number of phenolic OH excluding ortho intramolecular Hbond substituents is 1. The maximum absolute atomic E-state index is 12.6. The summed E-state index contributed by atoms with van der Waals surface area (Å²) in [7, 11) is 1.55. The summed E-state index contributed by atoms with van der Waals surface area (Å²) in [5.74, 6) is 1.03. The molecular weight excluding hydrogens is 264 g/mol. The number of rotatable bonds is 1. The zero-order valence-corrected chi connectivity index (χ0v) is 13.3. The molecule has 0 heterocycles. The minimum absolute atomic E-state index is 0.00796. The number of benzene rings is 1. The third kappa shape index (κ3) is 1.97. The highest BCUT2D eigenvalue weighted by atomic mass is 16.5. The van der Waals surface area contributed by atoms with Crippen LogP contribution in [-0.4, -0.2) is 18.0 Å². The van der Waals surface area contributed by atoms with E-state index in [-0.39, 0.29) is 22.4 Å². The Balaban J connectivity index is 2.21. The van der Waals surface area contributed by atoms with Gasteiger partial charge < -0.3 is 9.84 Å². The van der Waals surface area contributed by atoms with Crippen molar-refractivity contribution in [1.82, 2.24) is 0 Å². The lowest BCUT2D eigenvalue weighted by Crippen LogP contribution is -2.49. The summed E-state index contributed by atoms with van der Waals surface area (Å²) in [5.41, 5.74) is 1.91. The summed E-state index contributed by atoms with van der Waals surface area (Å²) in [5, 5.41) is 9.99. The molecule has 1 saturated carbocycles. The normalized spacial score (nSPS) is 30.5. The molecule has 3 heteroatoms. The topological polar surface area (TPSA) is 46.5 Å². The predicted molar refractivity (Wildman–Crippen MR) is 82.1 cm³/mol.